The molecular weight excluding hydrogens is 290 g/mol. The van der Waals surface area contributed by atoms with Crippen LogP contribution in [0, 0.1) is 12.8 Å². The molecule has 0 unspecified atom stereocenters. The highest BCUT2D eigenvalue weighted by Gasteiger charge is 2.23. The average molecular weight is 311 g/mol. The maximum atomic E-state index is 12.1. The molecular formula is C13H21N5O2S. The summed E-state index contributed by atoms with van der Waals surface area (Å²) in [4.78, 5) is 28.8. The second-order valence-corrected chi connectivity index (χ2v) is 6.03. The van der Waals surface area contributed by atoms with E-state index in [4.69, 9.17) is 0 Å². The van der Waals surface area contributed by atoms with E-state index in [0.717, 1.165) is 38.9 Å². The zero-order valence-corrected chi connectivity index (χ0v) is 13.2. The van der Waals surface area contributed by atoms with Crippen molar-refractivity contribution >= 4 is 28.6 Å². The van der Waals surface area contributed by atoms with Crippen LogP contribution in [0.1, 0.15) is 32.0 Å². The van der Waals surface area contributed by atoms with Gasteiger partial charge in [0.25, 0.3) is 0 Å². The van der Waals surface area contributed by atoms with Crippen molar-refractivity contribution < 1.29 is 9.59 Å². The van der Waals surface area contributed by atoms with Crippen LogP contribution in [0.5, 0.6) is 0 Å². The minimum atomic E-state index is -0.105. The van der Waals surface area contributed by atoms with Crippen LogP contribution in [0.25, 0.3) is 0 Å². The van der Waals surface area contributed by atoms with Gasteiger partial charge in [-0.1, -0.05) is 0 Å². The summed E-state index contributed by atoms with van der Waals surface area (Å²) in [5, 5.41) is 6.14. The number of rotatable bonds is 4. The van der Waals surface area contributed by atoms with Gasteiger partial charge in [-0.2, -0.15) is 4.37 Å². The van der Waals surface area contributed by atoms with Gasteiger partial charge in [0.15, 0.2) is 0 Å². The van der Waals surface area contributed by atoms with Gasteiger partial charge in [-0.05, 0) is 32.1 Å². The first-order chi connectivity index (χ1) is 10.0. The van der Waals surface area contributed by atoms with Crippen molar-refractivity contribution in [1.29, 1.82) is 0 Å². The molecule has 0 aliphatic carbocycles. The lowest BCUT2D eigenvalue weighted by Crippen LogP contribution is -2.41. The third-order valence-corrected chi connectivity index (χ3v) is 4.29. The average Bonchev–Trinajstić information content (AvgIpc) is 2.84. The maximum absolute atomic E-state index is 12.1. The molecule has 0 saturated carbocycles. The van der Waals surface area contributed by atoms with Gasteiger partial charge in [-0.3, -0.25) is 10.1 Å². The van der Waals surface area contributed by atoms with E-state index in [1.54, 1.807) is 6.92 Å². The lowest BCUT2D eigenvalue weighted by Gasteiger charge is -2.31. The predicted molar refractivity (Wildman–Crippen MR) is 81.3 cm³/mol. The Morgan fingerprint density at radius 2 is 2.10 bits per heavy atom. The molecule has 0 radical (unpaired) electrons. The summed E-state index contributed by atoms with van der Waals surface area (Å²) < 4.78 is 4.04. The van der Waals surface area contributed by atoms with Gasteiger partial charge in [0.2, 0.25) is 11.0 Å². The van der Waals surface area contributed by atoms with Crippen molar-refractivity contribution in [3.63, 3.8) is 0 Å². The second-order valence-electron chi connectivity index (χ2n) is 5.28. The van der Waals surface area contributed by atoms with E-state index in [1.807, 2.05) is 4.90 Å². The van der Waals surface area contributed by atoms with Gasteiger partial charge >= 0.3 is 6.03 Å². The molecule has 21 heavy (non-hydrogen) atoms. The smallest absolute Gasteiger partial charge is 0.323 e. The zero-order valence-electron chi connectivity index (χ0n) is 12.4. The molecule has 2 rings (SSSR count). The van der Waals surface area contributed by atoms with Gasteiger partial charge in [0.1, 0.15) is 5.82 Å². The number of aromatic nitrogens is 2. The quantitative estimate of drug-likeness (QED) is 0.884. The van der Waals surface area contributed by atoms with Crippen molar-refractivity contribution in [2.45, 2.75) is 33.1 Å². The first-order valence-corrected chi connectivity index (χ1v) is 7.92. The van der Waals surface area contributed by atoms with E-state index in [1.165, 1.54) is 18.5 Å². The molecule has 1 fully saturated rings. The third-order valence-electron chi connectivity index (χ3n) is 3.57. The van der Waals surface area contributed by atoms with E-state index in [2.05, 4.69) is 20.0 Å². The van der Waals surface area contributed by atoms with Crippen LogP contribution in [0.15, 0.2) is 0 Å². The molecule has 7 nitrogen and oxygen atoms in total. The molecule has 2 N–H and O–H groups in total. The fourth-order valence-electron chi connectivity index (χ4n) is 2.40. The molecule has 1 aromatic rings. The highest BCUT2D eigenvalue weighted by Crippen LogP contribution is 2.21. The van der Waals surface area contributed by atoms with Crippen LogP contribution >= 0.6 is 11.5 Å². The lowest BCUT2D eigenvalue weighted by atomic mass is 9.94. The number of nitrogens with zero attached hydrogens (tertiary/aromatic N) is 3. The van der Waals surface area contributed by atoms with Crippen LogP contribution in [-0.2, 0) is 4.79 Å². The highest BCUT2D eigenvalue weighted by molar-refractivity contribution is 7.09. The van der Waals surface area contributed by atoms with Gasteiger partial charge in [0, 0.05) is 38.1 Å². The fraction of sp³-hybridized carbons (Fsp3) is 0.692. The first-order valence-electron chi connectivity index (χ1n) is 7.15. The van der Waals surface area contributed by atoms with E-state index >= 15 is 0 Å². The Morgan fingerprint density at radius 1 is 1.38 bits per heavy atom. The molecule has 1 aliphatic rings. The number of aryl methyl sites for hydroxylation is 1. The van der Waals surface area contributed by atoms with Crippen molar-refractivity contribution in [2.24, 2.45) is 5.92 Å². The van der Waals surface area contributed by atoms with Crippen LogP contribution in [0.3, 0.4) is 0 Å². The Hall–Kier alpha value is -1.70. The van der Waals surface area contributed by atoms with Crippen molar-refractivity contribution in [1.82, 2.24) is 19.6 Å². The Bertz CT molecular complexity index is 497. The number of hydrogen-bond acceptors (Lipinski definition) is 5. The van der Waals surface area contributed by atoms with E-state index < -0.39 is 0 Å². The molecule has 1 aromatic heterocycles. The van der Waals surface area contributed by atoms with Crippen molar-refractivity contribution in [2.75, 3.05) is 25.0 Å². The Morgan fingerprint density at radius 3 is 2.67 bits per heavy atom. The molecule has 1 saturated heterocycles. The third kappa shape index (κ3) is 4.96. The van der Waals surface area contributed by atoms with Crippen LogP contribution in [0.4, 0.5) is 9.93 Å². The number of hydrogen-bond donors (Lipinski definition) is 2. The zero-order chi connectivity index (χ0) is 15.2. The van der Waals surface area contributed by atoms with E-state index in [9.17, 15) is 9.59 Å². The molecule has 2 heterocycles. The molecule has 0 bridgehead atoms. The second kappa shape index (κ2) is 7.35. The summed E-state index contributed by atoms with van der Waals surface area (Å²) in [6.07, 6.45) is 2.93. The standard InChI is InChI=1S/C13H21N5O2S/c1-9-15-12(21-17-9)16-13(20)18-7-4-11(5-8-18)3-6-14-10(2)19/h11H,3-8H2,1-2H3,(H,14,19)(H,15,16,17,20). The molecule has 0 aromatic carbocycles. The number of anilines is 1. The summed E-state index contributed by atoms with van der Waals surface area (Å²) >= 11 is 1.20. The normalized spacial score (nSPS) is 15.8. The Kier molecular flexibility index (Phi) is 5.49. The number of likely N-dealkylation sites (tertiary alicyclic amines) is 1. The largest absolute Gasteiger partial charge is 0.356 e. The minimum absolute atomic E-state index is 0.0131. The summed E-state index contributed by atoms with van der Waals surface area (Å²) in [6.45, 7) is 5.54. The summed E-state index contributed by atoms with van der Waals surface area (Å²) in [7, 11) is 0. The SMILES string of the molecule is CC(=O)NCCC1CCN(C(=O)Nc2nc(C)ns2)CC1. The molecule has 0 atom stereocenters. The number of piperidine rings is 1. The van der Waals surface area contributed by atoms with Crippen LogP contribution in [-0.4, -0.2) is 45.8 Å². The van der Waals surface area contributed by atoms with Crippen LogP contribution in [0.2, 0.25) is 0 Å². The summed E-state index contributed by atoms with van der Waals surface area (Å²) in [5.41, 5.74) is 0. The fourth-order valence-corrected chi connectivity index (χ4v) is 2.96. The van der Waals surface area contributed by atoms with E-state index in [-0.39, 0.29) is 11.9 Å². The molecule has 3 amide bonds. The molecule has 1 aliphatic heterocycles. The summed E-state index contributed by atoms with van der Waals surface area (Å²) in [6, 6.07) is -0.105. The minimum Gasteiger partial charge on any atom is -0.356 e. The van der Waals surface area contributed by atoms with Crippen molar-refractivity contribution in [3.05, 3.63) is 5.82 Å². The van der Waals surface area contributed by atoms with E-state index in [0.29, 0.717) is 16.9 Å². The van der Waals surface area contributed by atoms with Crippen LogP contribution < -0.4 is 10.6 Å². The Balaban J connectivity index is 1.70. The Labute approximate surface area is 128 Å². The van der Waals surface area contributed by atoms with Gasteiger partial charge in [0.05, 0.1) is 0 Å². The van der Waals surface area contributed by atoms with Gasteiger partial charge in [-0.25, -0.2) is 9.78 Å². The number of nitrogens with one attached hydrogen (secondary N) is 2. The number of urea groups is 1. The maximum Gasteiger partial charge on any atom is 0.323 e. The molecule has 8 heteroatoms. The van der Waals surface area contributed by atoms with Gasteiger partial charge in [-0.15, -0.1) is 0 Å². The topological polar surface area (TPSA) is 87.2 Å². The molecule has 0 spiro atoms. The lowest BCUT2D eigenvalue weighted by molar-refractivity contribution is -0.119. The summed E-state index contributed by atoms with van der Waals surface area (Å²) in [5.74, 6) is 1.26. The number of carbonyl (C=O) groups excluding carboxylic acids is 2. The van der Waals surface area contributed by atoms with Crippen molar-refractivity contribution in [3.8, 4) is 0 Å². The predicted octanol–water partition coefficient (Wildman–Crippen LogP) is 1.62. The first kappa shape index (κ1) is 15.7. The molecule has 116 valence electrons. The monoisotopic (exact) mass is 311 g/mol. The van der Waals surface area contributed by atoms with Gasteiger partial charge < -0.3 is 10.2 Å². The highest BCUT2D eigenvalue weighted by atomic mass is 32.1. The number of amides is 3. The number of carbonyl (C=O) groups is 2.